The van der Waals surface area contributed by atoms with Gasteiger partial charge in [-0.1, -0.05) is 18.2 Å². The number of aromatic nitrogens is 1. The quantitative estimate of drug-likeness (QED) is 0.784. The van der Waals surface area contributed by atoms with E-state index in [2.05, 4.69) is 15.6 Å². The van der Waals surface area contributed by atoms with Crippen molar-refractivity contribution in [3.05, 3.63) is 60.4 Å². The van der Waals surface area contributed by atoms with Gasteiger partial charge in [-0.15, -0.1) is 0 Å². The summed E-state index contributed by atoms with van der Waals surface area (Å²) in [5, 5.41) is 5.82. The van der Waals surface area contributed by atoms with Crippen LogP contribution in [-0.2, 0) is 0 Å². The number of pyridine rings is 1. The third-order valence-electron chi connectivity index (χ3n) is 2.24. The first-order valence-electron chi connectivity index (χ1n) is 5.33. The van der Waals surface area contributed by atoms with Crippen LogP contribution in [0.15, 0.2) is 54.9 Å². The molecule has 2 N–H and O–H groups in total. The Morgan fingerprint density at radius 1 is 1.12 bits per heavy atom. The summed E-state index contributed by atoms with van der Waals surface area (Å²) in [6, 6.07) is 12.8. The van der Waals surface area contributed by atoms with Crippen molar-refractivity contribution in [2.24, 2.45) is 0 Å². The molecule has 0 saturated carbocycles. The molecule has 1 aromatic heterocycles. The third kappa shape index (κ3) is 3.31. The number of hydrogen-bond donors (Lipinski definition) is 2. The lowest BCUT2D eigenvalue weighted by Gasteiger charge is -2.07. The first kappa shape index (κ1) is 11.1. The van der Waals surface area contributed by atoms with E-state index in [0.29, 0.717) is 12.2 Å². The molecule has 0 unspecified atom stereocenters. The fourth-order valence-electron chi connectivity index (χ4n) is 1.39. The lowest BCUT2D eigenvalue weighted by atomic mass is 10.2. The maximum absolute atomic E-state index is 11.7. The average Bonchev–Trinajstić information content (AvgIpc) is 2.41. The zero-order chi connectivity index (χ0) is 11.9. The summed E-state index contributed by atoms with van der Waals surface area (Å²) in [6.07, 6.45) is 3.41. The number of nitrogens with zero attached hydrogens (tertiary/aromatic N) is 1. The van der Waals surface area contributed by atoms with E-state index in [1.807, 2.05) is 30.3 Å². The molecule has 17 heavy (non-hydrogen) atoms. The minimum Gasteiger partial charge on any atom is -0.367 e. The van der Waals surface area contributed by atoms with Crippen LogP contribution in [0.2, 0.25) is 0 Å². The van der Waals surface area contributed by atoms with Crippen LogP contribution < -0.4 is 10.6 Å². The molecule has 0 aliphatic rings. The van der Waals surface area contributed by atoms with Gasteiger partial charge in [-0.2, -0.15) is 0 Å². The van der Waals surface area contributed by atoms with Gasteiger partial charge in [-0.3, -0.25) is 9.78 Å². The van der Waals surface area contributed by atoms with Gasteiger partial charge in [0, 0.05) is 18.0 Å². The van der Waals surface area contributed by atoms with E-state index in [1.54, 1.807) is 24.5 Å². The molecule has 1 heterocycles. The van der Waals surface area contributed by atoms with E-state index in [1.165, 1.54) is 0 Å². The Kier molecular flexibility index (Phi) is 3.70. The van der Waals surface area contributed by atoms with Crippen molar-refractivity contribution in [1.82, 2.24) is 10.3 Å². The van der Waals surface area contributed by atoms with Crippen LogP contribution in [0.25, 0.3) is 0 Å². The molecule has 2 rings (SSSR count). The van der Waals surface area contributed by atoms with E-state index in [4.69, 9.17) is 0 Å². The highest BCUT2D eigenvalue weighted by molar-refractivity contribution is 5.94. The summed E-state index contributed by atoms with van der Waals surface area (Å²) in [7, 11) is 0. The second kappa shape index (κ2) is 5.65. The highest BCUT2D eigenvalue weighted by Crippen LogP contribution is 2.01. The Balaban J connectivity index is 1.82. The first-order chi connectivity index (χ1) is 8.36. The Bertz CT molecular complexity index is 471. The molecule has 2 aromatic rings. The van der Waals surface area contributed by atoms with Crippen LogP contribution in [0.5, 0.6) is 0 Å². The van der Waals surface area contributed by atoms with Gasteiger partial charge < -0.3 is 10.6 Å². The molecule has 0 radical (unpaired) electrons. The van der Waals surface area contributed by atoms with Gasteiger partial charge in [-0.05, 0) is 24.3 Å². The molecule has 0 saturated heterocycles. The predicted molar refractivity (Wildman–Crippen MR) is 66.6 cm³/mol. The highest BCUT2D eigenvalue weighted by Gasteiger charge is 2.02. The Labute approximate surface area is 99.7 Å². The summed E-state index contributed by atoms with van der Waals surface area (Å²) in [5.41, 5.74) is 1.53. The van der Waals surface area contributed by atoms with Crippen molar-refractivity contribution >= 4 is 11.6 Å². The van der Waals surface area contributed by atoms with Crippen LogP contribution in [0.3, 0.4) is 0 Å². The van der Waals surface area contributed by atoms with Gasteiger partial charge in [-0.25, -0.2) is 0 Å². The Morgan fingerprint density at radius 2 is 1.94 bits per heavy atom. The molecule has 0 atom stereocenters. The number of anilines is 1. The van der Waals surface area contributed by atoms with Gasteiger partial charge in [0.25, 0.3) is 5.91 Å². The van der Waals surface area contributed by atoms with Gasteiger partial charge in [0.2, 0.25) is 0 Å². The van der Waals surface area contributed by atoms with Crippen molar-refractivity contribution < 1.29 is 4.79 Å². The highest BCUT2D eigenvalue weighted by atomic mass is 16.1. The summed E-state index contributed by atoms with van der Waals surface area (Å²) < 4.78 is 0. The van der Waals surface area contributed by atoms with Crippen LogP contribution in [0.4, 0.5) is 5.69 Å². The largest absolute Gasteiger partial charge is 0.367 e. The molecule has 86 valence electrons. The number of nitrogens with one attached hydrogen (secondary N) is 2. The molecule has 0 fully saturated rings. The molecule has 0 aliphatic carbocycles. The standard InChI is InChI=1S/C13H13N3O/c17-13(11-5-2-1-3-6-11)16-10-15-12-7-4-8-14-9-12/h1-9,15H,10H2,(H,16,17). The average molecular weight is 227 g/mol. The topological polar surface area (TPSA) is 54.0 Å². The zero-order valence-electron chi connectivity index (χ0n) is 9.26. The zero-order valence-corrected chi connectivity index (χ0v) is 9.26. The maximum atomic E-state index is 11.7. The van der Waals surface area contributed by atoms with E-state index in [9.17, 15) is 4.79 Å². The van der Waals surface area contributed by atoms with Crippen molar-refractivity contribution in [2.75, 3.05) is 12.0 Å². The molecular formula is C13H13N3O. The molecule has 4 heteroatoms. The van der Waals surface area contributed by atoms with Crippen molar-refractivity contribution in [1.29, 1.82) is 0 Å². The number of rotatable bonds is 4. The molecule has 0 bridgehead atoms. The van der Waals surface area contributed by atoms with Crippen LogP contribution in [-0.4, -0.2) is 17.6 Å². The van der Waals surface area contributed by atoms with E-state index in [-0.39, 0.29) is 5.91 Å². The summed E-state index contributed by atoms with van der Waals surface area (Å²) in [4.78, 5) is 15.6. The van der Waals surface area contributed by atoms with Crippen molar-refractivity contribution in [3.8, 4) is 0 Å². The third-order valence-corrected chi connectivity index (χ3v) is 2.24. The summed E-state index contributed by atoms with van der Waals surface area (Å²) in [5.74, 6) is -0.0954. The fraction of sp³-hybridized carbons (Fsp3) is 0.0769. The Morgan fingerprint density at radius 3 is 2.65 bits per heavy atom. The van der Waals surface area contributed by atoms with E-state index < -0.39 is 0 Å². The monoisotopic (exact) mass is 227 g/mol. The van der Waals surface area contributed by atoms with Crippen molar-refractivity contribution in [2.45, 2.75) is 0 Å². The minimum absolute atomic E-state index is 0.0954. The Hall–Kier alpha value is -2.36. The van der Waals surface area contributed by atoms with E-state index in [0.717, 1.165) is 5.69 Å². The molecular weight excluding hydrogens is 214 g/mol. The summed E-state index contributed by atoms with van der Waals surface area (Å²) >= 11 is 0. The number of benzene rings is 1. The smallest absolute Gasteiger partial charge is 0.252 e. The molecule has 0 spiro atoms. The first-order valence-corrected chi connectivity index (χ1v) is 5.33. The molecule has 4 nitrogen and oxygen atoms in total. The molecule has 0 aliphatic heterocycles. The minimum atomic E-state index is -0.0954. The van der Waals surface area contributed by atoms with Crippen molar-refractivity contribution in [3.63, 3.8) is 0 Å². The summed E-state index contributed by atoms with van der Waals surface area (Å²) in [6.45, 7) is 0.374. The van der Waals surface area contributed by atoms with E-state index >= 15 is 0 Å². The van der Waals surface area contributed by atoms with Gasteiger partial charge in [0.15, 0.2) is 0 Å². The van der Waals surface area contributed by atoms with Crippen LogP contribution in [0, 0.1) is 0 Å². The predicted octanol–water partition coefficient (Wildman–Crippen LogP) is 1.88. The SMILES string of the molecule is O=C(NCNc1cccnc1)c1ccccc1. The second-order valence-corrected chi connectivity index (χ2v) is 3.47. The van der Waals surface area contributed by atoms with Crippen LogP contribution >= 0.6 is 0 Å². The fourth-order valence-corrected chi connectivity index (χ4v) is 1.39. The van der Waals surface area contributed by atoms with Gasteiger partial charge in [0.05, 0.1) is 12.4 Å². The number of hydrogen-bond acceptors (Lipinski definition) is 3. The molecule has 1 amide bonds. The number of amides is 1. The van der Waals surface area contributed by atoms with Gasteiger partial charge >= 0.3 is 0 Å². The van der Waals surface area contributed by atoms with Crippen LogP contribution in [0.1, 0.15) is 10.4 Å². The molecule has 1 aromatic carbocycles. The maximum Gasteiger partial charge on any atom is 0.252 e. The lowest BCUT2D eigenvalue weighted by Crippen LogP contribution is -2.28. The second-order valence-electron chi connectivity index (χ2n) is 3.47. The normalized spacial score (nSPS) is 9.65. The van der Waals surface area contributed by atoms with Gasteiger partial charge in [0.1, 0.15) is 0 Å². The lowest BCUT2D eigenvalue weighted by molar-refractivity contribution is 0.0956. The number of carbonyl (C=O) groups is 1. The number of carbonyl (C=O) groups excluding carboxylic acids is 1.